The van der Waals surface area contributed by atoms with Gasteiger partial charge in [-0.1, -0.05) is 231 Å². The Morgan fingerprint density at radius 1 is 0.379 bits per heavy atom. The highest BCUT2D eigenvalue weighted by molar-refractivity contribution is 7.18. The zero-order chi connectivity index (χ0) is 41.8. The molecular weight excluding hydrogens is 713 g/mol. The van der Waals surface area contributed by atoms with E-state index in [-0.39, 0.29) is 22.2 Å². The highest BCUT2D eigenvalue weighted by atomic mass is 28.3. The molecule has 296 valence electrons. The fraction of sp³-hybridized carbons (Fsp3) is 0.298. The van der Waals surface area contributed by atoms with E-state index in [2.05, 4.69) is 236 Å². The van der Waals surface area contributed by atoms with Gasteiger partial charge in [-0.15, -0.1) is 0 Å². The standard InChI is InChI=1S/C57H64Si/c1-38-39(2)41(4)54(40(38)3)58(51-35-45(55(5,6)7)29-32-48(51)42-23-17-14-18-24-42,52-36-46(56(8,9)10)30-33-49(52)43-25-19-15-20-26-43)53-37-47(57(11,12)13)31-34-50(53)44-27-21-16-22-28-44/h14-37,40H,1-13H3. The third-order valence-corrected chi connectivity index (χ3v) is 18.4. The van der Waals surface area contributed by atoms with Gasteiger partial charge in [-0.05, 0) is 114 Å². The minimum absolute atomic E-state index is 0.0655. The highest BCUT2D eigenvalue weighted by Gasteiger charge is 2.52. The lowest BCUT2D eigenvalue weighted by molar-refractivity contribution is 0.590. The fourth-order valence-corrected chi connectivity index (χ4v) is 15.8. The van der Waals surface area contributed by atoms with Gasteiger partial charge in [-0.3, -0.25) is 0 Å². The molecular formula is C57H64Si. The second kappa shape index (κ2) is 15.3. The second-order valence-corrected chi connectivity index (χ2v) is 23.6. The van der Waals surface area contributed by atoms with Gasteiger partial charge in [0.05, 0.1) is 0 Å². The Bertz CT molecular complexity index is 2270. The Morgan fingerprint density at radius 3 is 0.914 bits per heavy atom. The molecule has 1 aliphatic rings. The molecule has 0 amide bonds. The summed E-state index contributed by atoms with van der Waals surface area (Å²) < 4.78 is 0. The van der Waals surface area contributed by atoms with E-state index < -0.39 is 8.07 Å². The summed E-state index contributed by atoms with van der Waals surface area (Å²) in [5.74, 6) is 0.248. The molecule has 6 aromatic rings. The third-order valence-electron chi connectivity index (χ3n) is 13.2. The molecule has 0 spiro atoms. The van der Waals surface area contributed by atoms with Crippen LogP contribution in [0.3, 0.4) is 0 Å². The van der Waals surface area contributed by atoms with E-state index in [1.165, 1.54) is 82.4 Å². The molecule has 0 aliphatic heterocycles. The molecule has 1 aliphatic carbocycles. The molecule has 58 heavy (non-hydrogen) atoms. The summed E-state index contributed by atoms with van der Waals surface area (Å²) in [5.41, 5.74) is 16.1. The Morgan fingerprint density at radius 2 is 0.672 bits per heavy atom. The third kappa shape index (κ3) is 7.32. The lowest BCUT2D eigenvalue weighted by Crippen LogP contribution is -2.71. The molecule has 0 bridgehead atoms. The molecule has 0 radical (unpaired) electrons. The van der Waals surface area contributed by atoms with Gasteiger partial charge in [0.25, 0.3) is 0 Å². The molecule has 0 nitrogen and oxygen atoms in total. The van der Waals surface area contributed by atoms with Crippen molar-refractivity contribution in [1.29, 1.82) is 0 Å². The van der Waals surface area contributed by atoms with Crippen molar-refractivity contribution < 1.29 is 0 Å². The zero-order valence-electron chi connectivity index (χ0n) is 37.4. The Hall–Kier alpha value is -4.98. The van der Waals surface area contributed by atoms with E-state index in [0.29, 0.717) is 0 Å². The van der Waals surface area contributed by atoms with Crippen LogP contribution in [0.4, 0.5) is 0 Å². The van der Waals surface area contributed by atoms with Gasteiger partial charge in [-0.25, -0.2) is 0 Å². The minimum atomic E-state index is -3.38. The Kier molecular flexibility index (Phi) is 10.9. The maximum absolute atomic E-state index is 3.38. The van der Waals surface area contributed by atoms with Gasteiger partial charge in [0, 0.05) is 0 Å². The number of hydrogen-bond donors (Lipinski definition) is 0. The quantitative estimate of drug-likeness (QED) is 0.112. The van der Waals surface area contributed by atoms with E-state index in [1.807, 2.05) is 0 Å². The van der Waals surface area contributed by atoms with Crippen LogP contribution in [0.25, 0.3) is 33.4 Å². The largest absolute Gasteiger partial charge is 0.178 e. The van der Waals surface area contributed by atoms with Gasteiger partial charge in [0.1, 0.15) is 0 Å². The maximum Gasteiger partial charge on any atom is 0.178 e. The van der Waals surface area contributed by atoms with Gasteiger partial charge in [0.15, 0.2) is 8.07 Å². The van der Waals surface area contributed by atoms with Crippen molar-refractivity contribution in [2.45, 2.75) is 106 Å². The van der Waals surface area contributed by atoms with E-state index in [4.69, 9.17) is 0 Å². The van der Waals surface area contributed by atoms with Gasteiger partial charge in [-0.2, -0.15) is 0 Å². The zero-order valence-corrected chi connectivity index (χ0v) is 38.4. The summed E-state index contributed by atoms with van der Waals surface area (Å²) in [7, 11) is -3.38. The SMILES string of the molecule is CC1=C(C)C(C)C([Si](c2cc(C(C)(C)C)ccc2-c2ccccc2)(c2cc(C(C)(C)C)ccc2-c2ccccc2)c2cc(C(C)(C)C)ccc2-c2ccccc2)=C1C. The first-order valence-corrected chi connectivity index (χ1v) is 23.4. The summed E-state index contributed by atoms with van der Waals surface area (Å²) in [6.45, 7) is 31.1. The summed E-state index contributed by atoms with van der Waals surface area (Å²) in [6.07, 6.45) is 0. The first-order chi connectivity index (χ1) is 27.3. The van der Waals surface area contributed by atoms with Crippen molar-refractivity contribution in [3.8, 4) is 33.4 Å². The topological polar surface area (TPSA) is 0 Å². The molecule has 1 atom stereocenters. The molecule has 0 fully saturated rings. The molecule has 1 heteroatoms. The molecule has 0 saturated heterocycles. The van der Waals surface area contributed by atoms with Crippen LogP contribution < -0.4 is 15.6 Å². The van der Waals surface area contributed by atoms with Crippen molar-refractivity contribution in [1.82, 2.24) is 0 Å². The van der Waals surface area contributed by atoms with Crippen molar-refractivity contribution in [3.63, 3.8) is 0 Å². The predicted octanol–water partition coefficient (Wildman–Crippen LogP) is 13.9. The average Bonchev–Trinajstić information content (AvgIpc) is 3.39. The van der Waals surface area contributed by atoms with Crippen molar-refractivity contribution >= 4 is 23.6 Å². The summed E-state index contributed by atoms with van der Waals surface area (Å²) >= 11 is 0. The average molecular weight is 777 g/mol. The Labute approximate surface area is 351 Å². The van der Waals surface area contributed by atoms with Crippen molar-refractivity contribution in [2.24, 2.45) is 5.92 Å². The molecule has 7 rings (SSSR count). The maximum atomic E-state index is 2.67. The van der Waals surface area contributed by atoms with E-state index >= 15 is 0 Å². The molecule has 1 unspecified atom stereocenters. The van der Waals surface area contributed by atoms with Crippen LogP contribution in [0.5, 0.6) is 0 Å². The monoisotopic (exact) mass is 776 g/mol. The summed E-state index contributed by atoms with van der Waals surface area (Å²) in [4.78, 5) is 0. The first kappa shape index (κ1) is 41.2. The molecule has 6 aromatic carbocycles. The molecule has 0 saturated carbocycles. The highest BCUT2D eigenvalue weighted by Crippen LogP contribution is 2.45. The van der Waals surface area contributed by atoms with Crippen LogP contribution in [-0.4, -0.2) is 8.07 Å². The first-order valence-electron chi connectivity index (χ1n) is 21.4. The fourth-order valence-electron chi connectivity index (χ4n) is 9.41. The molecule has 0 aromatic heterocycles. The lowest BCUT2D eigenvalue weighted by atomic mass is 9.86. The second-order valence-electron chi connectivity index (χ2n) is 19.9. The lowest BCUT2D eigenvalue weighted by Gasteiger charge is -2.43. The number of rotatable bonds is 7. The normalized spacial score (nSPS) is 15.4. The van der Waals surface area contributed by atoms with E-state index in [1.54, 1.807) is 5.20 Å². The number of allylic oxidation sites excluding steroid dienone is 4. The predicted molar refractivity (Wildman–Crippen MR) is 257 cm³/mol. The van der Waals surface area contributed by atoms with Gasteiger partial charge < -0.3 is 0 Å². The van der Waals surface area contributed by atoms with Crippen molar-refractivity contribution in [2.75, 3.05) is 0 Å². The van der Waals surface area contributed by atoms with Gasteiger partial charge in [0.2, 0.25) is 0 Å². The minimum Gasteiger partial charge on any atom is -0.0636 e. The number of hydrogen-bond acceptors (Lipinski definition) is 0. The van der Waals surface area contributed by atoms with Crippen LogP contribution in [0.2, 0.25) is 0 Å². The van der Waals surface area contributed by atoms with Gasteiger partial charge >= 0.3 is 0 Å². The van der Waals surface area contributed by atoms with Crippen LogP contribution in [0.15, 0.2) is 168 Å². The molecule has 0 heterocycles. The smallest absolute Gasteiger partial charge is 0.0636 e. The van der Waals surface area contributed by atoms with Crippen LogP contribution >= 0.6 is 0 Å². The van der Waals surface area contributed by atoms with E-state index in [9.17, 15) is 0 Å². The number of benzene rings is 6. The van der Waals surface area contributed by atoms with Crippen molar-refractivity contribution in [3.05, 3.63) is 184 Å². The molecule has 0 N–H and O–H groups in total. The van der Waals surface area contributed by atoms with E-state index in [0.717, 1.165) is 0 Å². The Balaban J connectivity index is 1.88. The summed E-state index contributed by atoms with van der Waals surface area (Å²) in [6, 6.07) is 56.4. The summed E-state index contributed by atoms with van der Waals surface area (Å²) in [5, 5.41) is 6.03. The van der Waals surface area contributed by atoms with Crippen LogP contribution in [0, 0.1) is 5.92 Å². The van der Waals surface area contributed by atoms with Crippen LogP contribution in [-0.2, 0) is 16.2 Å². The van der Waals surface area contributed by atoms with Crippen LogP contribution in [0.1, 0.15) is 107 Å².